The van der Waals surface area contributed by atoms with Crippen molar-refractivity contribution in [3.8, 4) is 0 Å². The van der Waals surface area contributed by atoms with Crippen LogP contribution in [0.15, 0.2) is 16.6 Å². The third-order valence-electron chi connectivity index (χ3n) is 1.70. The van der Waals surface area contributed by atoms with E-state index in [1.807, 2.05) is 0 Å². The Hall–Kier alpha value is -1.30. The van der Waals surface area contributed by atoms with Gasteiger partial charge >= 0.3 is 5.97 Å². The first-order valence-corrected chi connectivity index (χ1v) is 4.61. The number of rotatable bonds is 3. The number of halogens is 3. The van der Waals surface area contributed by atoms with Gasteiger partial charge in [0, 0.05) is 6.42 Å². The normalized spacial score (nSPS) is 10.1. The number of carbonyl (C=O) groups is 2. The average molecular weight is 279 g/mol. The van der Waals surface area contributed by atoms with E-state index in [1.165, 1.54) is 0 Å². The largest absolute Gasteiger partial charge is 0.475 e. The van der Waals surface area contributed by atoms with Gasteiger partial charge in [0.25, 0.3) is 0 Å². The van der Waals surface area contributed by atoms with Crippen LogP contribution in [0.25, 0.3) is 0 Å². The Morgan fingerprint density at radius 1 is 1.33 bits per heavy atom. The Kier molecular flexibility index (Phi) is 3.52. The summed E-state index contributed by atoms with van der Waals surface area (Å²) in [6.45, 7) is 0. The number of carboxylic acids is 1. The molecular formula is C9H5BrF2O3. The van der Waals surface area contributed by atoms with Gasteiger partial charge in [-0.2, -0.15) is 0 Å². The number of Topliss-reactive ketones (excluding diaryl/α,β-unsaturated/α-hetero) is 1. The lowest BCUT2D eigenvalue weighted by molar-refractivity contribution is -0.148. The Bertz CT molecular complexity index is 432. The van der Waals surface area contributed by atoms with Gasteiger partial charge in [0.05, 0.1) is 4.47 Å². The Labute approximate surface area is 91.8 Å². The second-order valence-corrected chi connectivity index (χ2v) is 3.53. The molecule has 15 heavy (non-hydrogen) atoms. The fraction of sp³-hybridized carbons (Fsp3) is 0.111. The second-order valence-electron chi connectivity index (χ2n) is 2.74. The van der Waals surface area contributed by atoms with Crippen LogP contribution >= 0.6 is 15.9 Å². The van der Waals surface area contributed by atoms with E-state index in [4.69, 9.17) is 5.11 Å². The third-order valence-corrected chi connectivity index (χ3v) is 2.43. The van der Waals surface area contributed by atoms with E-state index < -0.39 is 34.3 Å². The Balaban J connectivity index is 3.02. The molecule has 0 heterocycles. The zero-order valence-corrected chi connectivity index (χ0v) is 8.85. The molecule has 0 atom stereocenters. The molecule has 3 nitrogen and oxygen atoms in total. The number of hydrogen-bond acceptors (Lipinski definition) is 2. The van der Waals surface area contributed by atoms with Crippen molar-refractivity contribution in [1.82, 2.24) is 0 Å². The van der Waals surface area contributed by atoms with E-state index in [-0.39, 0.29) is 5.56 Å². The lowest BCUT2D eigenvalue weighted by Gasteiger charge is -2.03. The predicted molar refractivity (Wildman–Crippen MR) is 50.4 cm³/mol. The summed E-state index contributed by atoms with van der Waals surface area (Å²) in [5.74, 6) is -4.55. The summed E-state index contributed by atoms with van der Waals surface area (Å²) >= 11 is 2.65. The average Bonchev–Trinajstić information content (AvgIpc) is 2.18. The van der Waals surface area contributed by atoms with Gasteiger partial charge in [-0.05, 0) is 27.6 Å². The highest BCUT2D eigenvalue weighted by Gasteiger charge is 2.17. The van der Waals surface area contributed by atoms with E-state index in [0.717, 1.165) is 12.1 Å². The molecule has 0 spiro atoms. The first-order chi connectivity index (χ1) is 6.93. The van der Waals surface area contributed by atoms with E-state index in [9.17, 15) is 18.4 Å². The Morgan fingerprint density at radius 2 is 1.93 bits per heavy atom. The molecule has 0 radical (unpaired) electrons. The van der Waals surface area contributed by atoms with Crippen LogP contribution in [-0.2, 0) is 16.0 Å². The van der Waals surface area contributed by atoms with Crippen LogP contribution in [-0.4, -0.2) is 16.9 Å². The van der Waals surface area contributed by atoms with Gasteiger partial charge in [-0.25, -0.2) is 13.6 Å². The molecule has 1 N–H and O–H groups in total. The molecule has 0 aliphatic carbocycles. The summed E-state index contributed by atoms with van der Waals surface area (Å²) in [4.78, 5) is 21.0. The Morgan fingerprint density at radius 3 is 2.47 bits per heavy atom. The SMILES string of the molecule is O=C(O)C(=O)Cc1ccc(F)c(Br)c1F. The van der Waals surface area contributed by atoms with Crippen LogP contribution < -0.4 is 0 Å². The third kappa shape index (κ3) is 2.59. The van der Waals surface area contributed by atoms with Crippen LogP contribution in [0.5, 0.6) is 0 Å². The van der Waals surface area contributed by atoms with Gasteiger partial charge in [-0.15, -0.1) is 0 Å². The van der Waals surface area contributed by atoms with Crippen molar-refractivity contribution >= 4 is 27.7 Å². The first kappa shape index (κ1) is 11.8. The molecule has 1 aromatic rings. The highest BCUT2D eigenvalue weighted by molar-refractivity contribution is 9.10. The molecule has 0 fully saturated rings. The van der Waals surface area contributed by atoms with Gasteiger partial charge in [-0.1, -0.05) is 6.07 Å². The molecule has 80 valence electrons. The van der Waals surface area contributed by atoms with Crippen molar-refractivity contribution in [2.75, 3.05) is 0 Å². The molecule has 0 unspecified atom stereocenters. The monoisotopic (exact) mass is 278 g/mol. The van der Waals surface area contributed by atoms with E-state index in [2.05, 4.69) is 15.9 Å². The number of carbonyl (C=O) groups excluding carboxylic acids is 1. The van der Waals surface area contributed by atoms with Crippen molar-refractivity contribution in [3.63, 3.8) is 0 Å². The molecule has 1 rings (SSSR count). The number of benzene rings is 1. The van der Waals surface area contributed by atoms with Crippen LogP contribution in [0, 0.1) is 11.6 Å². The van der Waals surface area contributed by atoms with Crippen molar-refractivity contribution in [1.29, 1.82) is 0 Å². The van der Waals surface area contributed by atoms with Gasteiger partial charge in [0.2, 0.25) is 5.78 Å². The number of aliphatic carboxylic acids is 1. The van der Waals surface area contributed by atoms with Crippen molar-refractivity contribution in [2.45, 2.75) is 6.42 Å². The zero-order valence-electron chi connectivity index (χ0n) is 7.26. The molecule has 6 heteroatoms. The standard InChI is InChI=1S/C9H5BrF2O3/c10-7-5(11)2-1-4(8(7)12)3-6(13)9(14)15/h1-2H,3H2,(H,14,15). The molecule has 0 bridgehead atoms. The lowest BCUT2D eigenvalue weighted by atomic mass is 10.1. The van der Waals surface area contributed by atoms with Gasteiger partial charge in [-0.3, -0.25) is 4.79 Å². The maximum atomic E-state index is 13.3. The van der Waals surface area contributed by atoms with Gasteiger partial charge in [0.15, 0.2) is 0 Å². The fourth-order valence-electron chi connectivity index (χ4n) is 0.951. The van der Waals surface area contributed by atoms with Crippen LogP contribution in [0.1, 0.15) is 5.56 Å². The molecule has 1 aromatic carbocycles. The first-order valence-electron chi connectivity index (χ1n) is 3.82. The quantitative estimate of drug-likeness (QED) is 0.679. The fourth-order valence-corrected chi connectivity index (χ4v) is 1.34. The van der Waals surface area contributed by atoms with Gasteiger partial charge < -0.3 is 5.11 Å². The maximum Gasteiger partial charge on any atom is 0.372 e. The highest BCUT2D eigenvalue weighted by atomic mass is 79.9. The summed E-state index contributed by atoms with van der Waals surface area (Å²) in [5, 5.41) is 8.30. The zero-order chi connectivity index (χ0) is 11.6. The predicted octanol–water partition coefficient (Wildman–Crippen LogP) is 1.92. The number of ketones is 1. The minimum absolute atomic E-state index is 0.157. The molecule has 0 saturated carbocycles. The summed E-state index contributed by atoms with van der Waals surface area (Å²) in [6.07, 6.45) is -0.597. The van der Waals surface area contributed by atoms with Crippen LogP contribution in [0.4, 0.5) is 8.78 Å². The summed E-state index contributed by atoms with van der Waals surface area (Å²) < 4.78 is 25.6. The van der Waals surface area contributed by atoms with Gasteiger partial charge in [0.1, 0.15) is 11.6 Å². The smallest absolute Gasteiger partial charge is 0.372 e. The van der Waals surface area contributed by atoms with Crippen molar-refractivity contribution in [3.05, 3.63) is 33.8 Å². The minimum atomic E-state index is -1.64. The summed E-state index contributed by atoms with van der Waals surface area (Å²) in [6, 6.07) is 1.99. The molecule has 0 saturated heterocycles. The lowest BCUT2D eigenvalue weighted by Crippen LogP contribution is -2.16. The minimum Gasteiger partial charge on any atom is -0.475 e. The number of hydrogen-bond donors (Lipinski definition) is 1. The van der Waals surface area contributed by atoms with E-state index >= 15 is 0 Å². The van der Waals surface area contributed by atoms with Crippen LogP contribution in [0.3, 0.4) is 0 Å². The van der Waals surface area contributed by atoms with Crippen LogP contribution in [0.2, 0.25) is 0 Å². The van der Waals surface area contributed by atoms with E-state index in [0.29, 0.717) is 0 Å². The molecule has 0 amide bonds. The van der Waals surface area contributed by atoms with E-state index in [1.54, 1.807) is 0 Å². The second kappa shape index (κ2) is 4.48. The summed E-state index contributed by atoms with van der Waals surface area (Å²) in [7, 11) is 0. The molecular weight excluding hydrogens is 274 g/mol. The van der Waals surface area contributed by atoms with Crippen molar-refractivity contribution in [2.24, 2.45) is 0 Å². The maximum absolute atomic E-state index is 13.3. The molecule has 0 aliphatic rings. The summed E-state index contributed by atoms with van der Waals surface area (Å²) in [5.41, 5.74) is -0.157. The highest BCUT2D eigenvalue weighted by Crippen LogP contribution is 2.22. The number of carboxylic acid groups (broad SMARTS) is 1. The topological polar surface area (TPSA) is 54.4 Å². The molecule has 0 aliphatic heterocycles. The molecule has 0 aromatic heterocycles. The van der Waals surface area contributed by atoms with Crippen molar-refractivity contribution < 1.29 is 23.5 Å².